The van der Waals surface area contributed by atoms with E-state index in [0.29, 0.717) is 12.2 Å². The fourth-order valence-corrected chi connectivity index (χ4v) is 1.95. The minimum atomic E-state index is -0.832. The molecule has 1 N–H and O–H groups in total. The number of rotatable bonds is 4. The molecule has 20 heavy (non-hydrogen) atoms. The molecule has 2 rings (SSSR count). The lowest BCUT2D eigenvalue weighted by molar-refractivity contribution is -0.387. The normalized spacial score (nSPS) is 10.3. The summed E-state index contributed by atoms with van der Waals surface area (Å²) in [6.45, 7) is 4.56. The van der Waals surface area contributed by atoms with Gasteiger partial charge in [0.05, 0.1) is 4.92 Å². The molecule has 0 amide bonds. The Balaban J connectivity index is 2.13. The van der Waals surface area contributed by atoms with Crippen LogP contribution in [0.3, 0.4) is 0 Å². The molecule has 0 aliphatic heterocycles. The van der Waals surface area contributed by atoms with Crippen LogP contribution < -0.4 is 5.32 Å². The number of hydrogen-bond donors (Lipinski definition) is 1. The number of aryl methyl sites for hydroxylation is 2. The zero-order chi connectivity index (χ0) is 14.7. The van der Waals surface area contributed by atoms with Gasteiger partial charge in [-0.15, -0.1) is 0 Å². The van der Waals surface area contributed by atoms with Crippen LogP contribution in [0.2, 0.25) is 0 Å². The zero-order valence-electron chi connectivity index (χ0n) is 11.3. The number of halogens is 1. The van der Waals surface area contributed by atoms with E-state index in [9.17, 15) is 14.5 Å². The number of nitrogens with one attached hydrogen (secondary N) is 1. The van der Waals surface area contributed by atoms with Crippen LogP contribution >= 0.6 is 0 Å². The number of hydrogen-bond acceptors (Lipinski definition) is 3. The van der Waals surface area contributed by atoms with E-state index in [1.54, 1.807) is 0 Å². The monoisotopic (exact) mass is 274 g/mol. The van der Waals surface area contributed by atoms with Gasteiger partial charge >= 0.3 is 5.69 Å². The summed E-state index contributed by atoms with van der Waals surface area (Å²) < 4.78 is 13.5. The first-order valence-electron chi connectivity index (χ1n) is 6.21. The van der Waals surface area contributed by atoms with Gasteiger partial charge in [-0.25, -0.2) is 0 Å². The highest BCUT2D eigenvalue weighted by Crippen LogP contribution is 2.21. The molecule has 0 unspecified atom stereocenters. The maximum absolute atomic E-state index is 13.5. The highest BCUT2D eigenvalue weighted by molar-refractivity contribution is 5.50. The van der Waals surface area contributed by atoms with Gasteiger partial charge in [-0.1, -0.05) is 23.8 Å². The molecule has 0 bridgehead atoms. The number of anilines is 1. The summed E-state index contributed by atoms with van der Waals surface area (Å²) in [4.78, 5) is 9.81. The molecule has 0 heterocycles. The molecule has 0 spiro atoms. The average molecular weight is 274 g/mol. The maximum atomic E-state index is 13.5. The molecule has 2 aromatic carbocycles. The second-order valence-electron chi connectivity index (χ2n) is 4.71. The largest absolute Gasteiger partial charge is 0.381 e. The minimum Gasteiger partial charge on any atom is -0.381 e. The van der Waals surface area contributed by atoms with E-state index in [2.05, 4.69) is 11.4 Å². The molecule has 0 saturated carbocycles. The lowest BCUT2D eigenvalue weighted by Crippen LogP contribution is -2.02. The van der Waals surface area contributed by atoms with Gasteiger partial charge in [-0.3, -0.25) is 10.1 Å². The zero-order valence-corrected chi connectivity index (χ0v) is 11.3. The van der Waals surface area contributed by atoms with Gasteiger partial charge in [0.25, 0.3) is 0 Å². The molecule has 0 aliphatic rings. The summed E-state index contributed by atoms with van der Waals surface area (Å²) in [5.74, 6) is -0.832. The predicted octanol–water partition coefficient (Wildman–Crippen LogP) is 3.96. The molecule has 2 aromatic rings. The SMILES string of the molecule is Cc1ccc(C)c(CNc2ccc([N+](=O)[O-])c(F)c2)c1. The Morgan fingerprint density at radius 1 is 1.20 bits per heavy atom. The van der Waals surface area contributed by atoms with Crippen LogP contribution in [0.1, 0.15) is 16.7 Å². The topological polar surface area (TPSA) is 55.2 Å². The van der Waals surface area contributed by atoms with Crippen LogP contribution in [0, 0.1) is 29.8 Å². The Hall–Kier alpha value is -2.43. The molecule has 4 nitrogen and oxygen atoms in total. The minimum absolute atomic E-state index is 0.512. The van der Waals surface area contributed by atoms with Gasteiger partial charge in [0.1, 0.15) is 0 Å². The van der Waals surface area contributed by atoms with E-state index in [4.69, 9.17) is 0 Å². The highest BCUT2D eigenvalue weighted by atomic mass is 19.1. The molecular weight excluding hydrogens is 259 g/mol. The quantitative estimate of drug-likeness (QED) is 0.678. The molecule has 0 radical (unpaired) electrons. The van der Waals surface area contributed by atoms with Crippen molar-refractivity contribution in [3.8, 4) is 0 Å². The summed E-state index contributed by atoms with van der Waals surface area (Å²) >= 11 is 0. The first-order chi connectivity index (χ1) is 9.47. The molecular formula is C15H15FN2O2. The third kappa shape index (κ3) is 3.12. The highest BCUT2D eigenvalue weighted by Gasteiger charge is 2.13. The van der Waals surface area contributed by atoms with Crippen LogP contribution in [-0.4, -0.2) is 4.92 Å². The Bertz CT molecular complexity index is 656. The third-order valence-corrected chi connectivity index (χ3v) is 3.13. The van der Waals surface area contributed by atoms with Crippen LogP contribution in [0.15, 0.2) is 36.4 Å². The Morgan fingerprint density at radius 2 is 1.95 bits per heavy atom. The van der Waals surface area contributed by atoms with Gasteiger partial charge in [0, 0.05) is 24.4 Å². The molecule has 0 atom stereocenters. The first-order valence-corrected chi connectivity index (χ1v) is 6.21. The lowest BCUT2D eigenvalue weighted by atomic mass is 10.1. The van der Waals surface area contributed by atoms with Gasteiger partial charge in [-0.2, -0.15) is 4.39 Å². The third-order valence-electron chi connectivity index (χ3n) is 3.13. The maximum Gasteiger partial charge on any atom is 0.304 e. The number of benzene rings is 2. The number of nitro groups is 1. The van der Waals surface area contributed by atoms with E-state index < -0.39 is 16.4 Å². The van der Waals surface area contributed by atoms with Crippen molar-refractivity contribution in [1.29, 1.82) is 0 Å². The van der Waals surface area contributed by atoms with Crippen molar-refractivity contribution in [3.63, 3.8) is 0 Å². The fraction of sp³-hybridized carbons (Fsp3) is 0.200. The molecule has 0 saturated heterocycles. The smallest absolute Gasteiger partial charge is 0.304 e. The summed E-state index contributed by atoms with van der Waals surface area (Å²) in [6.07, 6.45) is 0. The van der Waals surface area contributed by atoms with Crippen LogP contribution in [0.5, 0.6) is 0 Å². The van der Waals surface area contributed by atoms with Gasteiger partial charge in [0.2, 0.25) is 5.82 Å². The number of nitro benzene ring substituents is 1. The van der Waals surface area contributed by atoms with Crippen LogP contribution in [0.4, 0.5) is 15.8 Å². The van der Waals surface area contributed by atoms with Crippen molar-refractivity contribution >= 4 is 11.4 Å². The van der Waals surface area contributed by atoms with Crippen molar-refractivity contribution in [2.45, 2.75) is 20.4 Å². The second kappa shape index (κ2) is 5.69. The summed E-state index contributed by atoms with van der Waals surface area (Å²) in [5, 5.41) is 13.6. The van der Waals surface area contributed by atoms with E-state index in [-0.39, 0.29) is 0 Å². The summed E-state index contributed by atoms with van der Waals surface area (Å²) in [6, 6.07) is 9.94. The van der Waals surface area contributed by atoms with Crippen LogP contribution in [-0.2, 0) is 6.54 Å². The van der Waals surface area contributed by atoms with E-state index >= 15 is 0 Å². The van der Waals surface area contributed by atoms with Gasteiger partial charge in [0.15, 0.2) is 0 Å². The van der Waals surface area contributed by atoms with Crippen LogP contribution in [0.25, 0.3) is 0 Å². The summed E-state index contributed by atoms with van der Waals surface area (Å²) in [5.41, 5.74) is 3.42. The van der Waals surface area contributed by atoms with Crippen molar-refractivity contribution < 1.29 is 9.31 Å². The van der Waals surface area contributed by atoms with E-state index in [1.807, 2.05) is 26.0 Å². The van der Waals surface area contributed by atoms with Crippen molar-refractivity contribution in [2.75, 3.05) is 5.32 Å². The molecule has 0 fully saturated rings. The first kappa shape index (κ1) is 14.0. The standard InChI is InChI=1S/C15H15FN2O2/c1-10-3-4-11(2)12(7-10)9-17-13-5-6-15(18(19)20)14(16)8-13/h3-8,17H,9H2,1-2H3. The van der Waals surface area contributed by atoms with Gasteiger partial charge in [-0.05, 0) is 31.0 Å². The van der Waals surface area contributed by atoms with Crippen molar-refractivity contribution in [1.82, 2.24) is 0 Å². The summed E-state index contributed by atoms with van der Waals surface area (Å²) in [7, 11) is 0. The van der Waals surface area contributed by atoms with Crippen molar-refractivity contribution in [3.05, 3.63) is 69.0 Å². The molecule has 104 valence electrons. The van der Waals surface area contributed by atoms with Crippen molar-refractivity contribution in [2.24, 2.45) is 0 Å². The Labute approximate surface area is 116 Å². The van der Waals surface area contributed by atoms with Gasteiger partial charge < -0.3 is 5.32 Å². The van der Waals surface area contributed by atoms with E-state index in [0.717, 1.165) is 22.8 Å². The Morgan fingerprint density at radius 3 is 2.60 bits per heavy atom. The molecule has 0 aliphatic carbocycles. The Kier molecular flexibility index (Phi) is 3.98. The predicted molar refractivity (Wildman–Crippen MR) is 76.3 cm³/mol. The molecule has 5 heteroatoms. The lowest BCUT2D eigenvalue weighted by Gasteiger charge is -2.10. The fourth-order valence-electron chi connectivity index (χ4n) is 1.95. The van der Waals surface area contributed by atoms with E-state index in [1.165, 1.54) is 12.1 Å². The average Bonchev–Trinajstić information content (AvgIpc) is 2.39. The second-order valence-corrected chi connectivity index (χ2v) is 4.71. The molecule has 0 aromatic heterocycles. The number of nitrogens with zero attached hydrogens (tertiary/aromatic N) is 1.